The number of ether oxygens (including phenoxy) is 1. The number of anilines is 1. The molecule has 1 aliphatic carbocycles. The molecule has 7 nitrogen and oxygen atoms in total. The number of fused-ring (bicyclic) bond motifs is 3. The van der Waals surface area contributed by atoms with Crippen molar-refractivity contribution < 1.29 is 27.5 Å². The van der Waals surface area contributed by atoms with E-state index in [0.29, 0.717) is 31.0 Å². The lowest BCUT2D eigenvalue weighted by Gasteiger charge is -2.25. The first-order valence-corrected chi connectivity index (χ1v) is 9.24. The standard InChI is InChI=1S/C20H17F3N4O3/c21-20(22,23)19-24-11-15-13-4-3-12(10-14(13)18(29)17(15)26-19)25-16(28)2-1-5-27-6-8-30-9-7-27/h1-4,10-11H,5-9H2,(H,25,28)/b2-1+. The van der Waals surface area contributed by atoms with Crippen molar-refractivity contribution in [1.82, 2.24) is 14.9 Å². The maximum atomic E-state index is 12.8. The number of morpholine rings is 1. The van der Waals surface area contributed by atoms with Crippen LogP contribution in [0.25, 0.3) is 11.1 Å². The highest BCUT2D eigenvalue weighted by Gasteiger charge is 2.38. The molecule has 0 unspecified atom stereocenters. The summed E-state index contributed by atoms with van der Waals surface area (Å²) in [5.41, 5.74) is 0.922. The molecule has 2 aromatic rings. The van der Waals surface area contributed by atoms with E-state index in [1.165, 1.54) is 12.1 Å². The van der Waals surface area contributed by atoms with E-state index in [0.717, 1.165) is 19.3 Å². The first kappa shape index (κ1) is 20.2. The van der Waals surface area contributed by atoms with Crippen LogP contribution in [0, 0.1) is 0 Å². The van der Waals surface area contributed by atoms with Gasteiger partial charge in [-0.15, -0.1) is 0 Å². The third-order valence-electron chi connectivity index (χ3n) is 4.82. The highest BCUT2D eigenvalue weighted by Crippen LogP contribution is 2.38. The van der Waals surface area contributed by atoms with Gasteiger partial charge in [0.05, 0.1) is 13.2 Å². The Bertz CT molecular complexity index is 1030. The lowest BCUT2D eigenvalue weighted by molar-refractivity contribution is -0.145. The molecule has 0 bridgehead atoms. The molecule has 1 aliphatic heterocycles. The first-order chi connectivity index (χ1) is 14.3. The first-order valence-electron chi connectivity index (χ1n) is 9.24. The summed E-state index contributed by atoms with van der Waals surface area (Å²) in [6, 6.07) is 4.57. The lowest BCUT2D eigenvalue weighted by atomic mass is 10.1. The fourth-order valence-electron chi connectivity index (χ4n) is 3.34. The molecular formula is C20H17F3N4O3. The third kappa shape index (κ3) is 4.10. The van der Waals surface area contributed by atoms with E-state index >= 15 is 0 Å². The van der Waals surface area contributed by atoms with Gasteiger partial charge in [-0.3, -0.25) is 14.5 Å². The zero-order valence-corrected chi connectivity index (χ0v) is 15.7. The number of hydrogen-bond donors (Lipinski definition) is 1. The Hall–Kier alpha value is -3.11. The van der Waals surface area contributed by atoms with E-state index in [-0.39, 0.29) is 22.7 Å². The zero-order chi connectivity index (χ0) is 21.3. The largest absolute Gasteiger partial charge is 0.451 e. The van der Waals surface area contributed by atoms with Gasteiger partial charge in [-0.25, -0.2) is 9.97 Å². The highest BCUT2D eigenvalue weighted by atomic mass is 19.4. The van der Waals surface area contributed by atoms with Crippen molar-refractivity contribution in [1.29, 1.82) is 0 Å². The third-order valence-corrected chi connectivity index (χ3v) is 4.82. The van der Waals surface area contributed by atoms with Gasteiger partial charge < -0.3 is 10.1 Å². The van der Waals surface area contributed by atoms with Crippen LogP contribution in [-0.4, -0.2) is 59.4 Å². The monoisotopic (exact) mass is 418 g/mol. The van der Waals surface area contributed by atoms with Crippen molar-refractivity contribution >= 4 is 17.4 Å². The van der Waals surface area contributed by atoms with Crippen LogP contribution in [-0.2, 0) is 15.7 Å². The highest BCUT2D eigenvalue weighted by molar-refractivity contribution is 6.21. The van der Waals surface area contributed by atoms with E-state index in [2.05, 4.69) is 20.2 Å². The topological polar surface area (TPSA) is 84.4 Å². The van der Waals surface area contributed by atoms with Gasteiger partial charge in [0.2, 0.25) is 17.5 Å². The second kappa shape index (κ2) is 7.96. The minimum absolute atomic E-state index is 0.175. The number of nitrogens with zero attached hydrogens (tertiary/aromatic N) is 3. The number of carbonyl (C=O) groups is 2. The minimum Gasteiger partial charge on any atom is -0.379 e. The van der Waals surface area contributed by atoms with Gasteiger partial charge >= 0.3 is 6.18 Å². The minimum atomic E-state index is -4.74. The molecule has 0 saturated carbocycles. The van der Waals surface area contributed by atoms with Crippen LogP contribution in [0.2, 0.25) is 0 Å². The molecule has 2 aliphatic rings. The molecule has 1 fully saturated rings. The van der Waals surface area contributed by atoms with Crippen LogP contribution >= 0.6 is 0 Å². The van der Waals surface area contributed by atoms with Crippen LogP contribution in [0.5, 0.6) is 0 Å². The second-order valence-electron chi connectivity index (χ2n) is 6.85. The fraction of sp³-hybridized carbons (Fsp3) is 0.300. The normalized spacial score (nSPS) is 16.6. The summed E-state index contributed by atoms with van der Waals surface area (Å²) >= 11 is 0. The lowest BCUT2D eigenvalue weighted by Crippen LogP contribution is -2.36. The van der Waals surface area contributed by atoms with E-state index in [9.17, 15) is 22.8 Å². The molecule has 0 atom stereocenters. The Morgan fingerprint density at radius 2 is 1.97 bits per heavy atom. The molecule has 4 rings (SSSR count). The molecule has 1 aromatic carbocycles. The van der Waals surface area contributed by atoms with Crippen LogP contribution in [0.3, 0.4) is 0 Å². The van der Waals surface area contributed by atoms with Gasteiger partial charge in [0.1, 0.15) is 5.69 Å². The van der Waals surface area contributed by atoms with Crippen molar-refractivity contribution in [3.05, 3.63) is 53.6 Å². The van der Waals surface area contributed by atoms with Gasteiger partial charge in [-0.1, -0.05) is 12.1 Å². The number of nitrogens with one attached hydrogen (secondary N) is 1. The van der Waals surface area contributed by atoms with Crippen molar-refractivity contribution in [2.75, 3.05) is 38.2 Å². The number of carbonyl (C=O) groups excluding carboxylic acids is 2. The quantitative estimate of drug-likeness (QED) is 0.656. The SMILES string of the molecule is O=C(/C=C/CN1CCOCC1)Nc1ccc2c(c1)C(=O)c1nc(C(F)(F)F)ncc1-2. The maximum Gasteiger partial charge on any atom is 0.451 e. The molecule has 156 valence electrons. The van der Waals surface area contributed by atoms with E-state index in [1.54, 1.807) is 18.2 Å². The van der Waals surface area contributed by atoms with Gasteiger partial charge in [-0.2, -0.15) is 13.2 Å². The number of rotatable bonds is 4. The zero-order valence-electron chi connectivity index (χ0n) is 15.7. The Labute approximate surface area is 169 Å². The van der Waals surface area contributed by atoms with Crippen LogP contribution in [0.15, 0.2) is 36.5 Å². The molecule has 1 N–H and O–H groups in total. The smallest absolute Gasteiger partial charge is 0.379 e. The maximum absolute atomic E-state index is 12.8. The summed E-state index contributed by atoms with van der Waals surface area (Å²) in [6.45, 7) is 3.56. The molecule has 0 radical (unpaired) electrons. The van der Waals surface area contributed by atoms with Crippen molar-refractivity contribution in [2.45, 2.75) is 6.18 Å². The molecular weight excluding hydrogens is 401 g/mol. The Morgan fingerprint density at radius 3 is 2.70 bits per heavy atom. The summed E-state index contributed by atoms with van der Waals surface area (Å²) in [5.74, 6) is -2.36. The summed E-state index contributed by atoms with van der Waals surface area (Å²) in [4.78, 5) is 33.6. The molecule has 1 amide bonds. The Morgan fingerprint density at radius 1 is 1.20 bits per heavy atom. The van der Waals surface area contributed by atoms with Crippen molar-refractivity contribution in [2.24, 2.45) is 0 Å². The molecule has 1 saturated heterocycles. The van der Waals surface area contributed by atoms with E-state index in [4.69, 9.17) is 4.74 Å². The average molecular weight is 418 g/mol. The summed E-state index contributed by atoms with van der Waals surface area (Å²) in [5, 5.41) is 2.66. The number of hydrogen-bond acceptors (Lipinski definition) is 6. The number of benzene rings is 1. The van der Waals surface area contributed by atoms with E-state index < -0.39 is 17.8 Å². The Balaban J connectivity index is 1.46. The van der Waals surface area contributed by atoms with Crippen LogP contribution in [0.1, 0.15) is 21.9 Å². The average Bonchev–Trinajstić information content (AvgIpc) is 3.00. The molecule has 0 spiro atoms. The van der Waals surface area contributed by atoms with Crippen molar-refractivity contribution in [3.63, 3.8) is 0 Å². The fourth-order valence-corrected chi connectivity index (χ4v) is 3.34. The summed E-state index contributed by atoms with van der Waals surface area (Å²) in [6.07, 6.45) is -0.595. The predicted octanol–water partition coefficient (Wildman–Crippen LogP) is 2.53. The van der Waals surface area contributed by atoms with Gasteiger partial charge in [0, 0.05) is 48.7 Å². The number of aromatic nitrogens is 2. The molecule has 30 heavy (non-hydrogen) atoms. The number of alkyl halides is 3. The van der Waals surface area contributed by atoms with Crippen LogP contribution in [0.4, 0.5) is 18.9 Å². The second-order valence-corrected chi connectivity index (χ2v) is 6.85. The molecule has 2 heterocycles. The molecule has 1 aromatic heterocycles. The molecule has 10 heteroatoms. The van der Waals surface area contributed by atoms with Gasteiger partial charge in [0.15, 0.2) is 0 Å². The number of ketones is 1. The Kier molecular flexibility index (Phi) is 5.35. The predicted molar refractivity (Wildman–Crippen MR) is 101 cm³/mol. The van der Waals surface area contributed by atoms with Crippen molar-refractivity contribution in [3.8, 4) is 11.1 Å². The van der Waals surface area contributed by atoms with Crippen LogP contribution < -0.4 is 5.32 Å². The number of amides is 1. The summed E-state index contributed by atoms with van der Waals surface area (Å²) in [7, 11) is 0. The van der Waals surface area contributed by atoms with E-state index in [1.807, 2.05) is 0 Å². The summed E-state index contributed by atoms with van der Waals surface area (Å²) < 4.78 is 43.8. The van der Waals surface area contributed by atoms with Gasteiger partial charge in [-0.05, 0) is 17.7 Å². The van der Waals surface area contributed by atoms with Gasteiger partial charge in [0.25, 0.3) is 0 Å². The number of halogens is 3.